The summed E-state index contributed by atoms with van der Waals surface area (Å²) in [6.07, 6.45) is 1.65. The summed E-state index contributed by atoms with van der Waals surface area (Å²) in [6, 6.07) is 7.92. The smallest absolute Gasteiger partial charge is 0.128 e. The van der Waals surface area contributed by atoms with Crippen LogP contribution in [0.4, 0.5) is 5.82 Å². The van der Waals surface area contributed by atoms with Crippen molar-refractivity contribution in [3.63, 3.8) is 0 Å². The van der Waals surface area contributed by atoms with Crippen LogP contribution in [0.1, 0.15) is 17.4 Å². The highest BCUT2D eigenvalue weighted by Gasteiger charge is 2.07. The fourth-order valence-electron chi connectivity index (χ4n) is 1.68. The lowest BCUT2D eigenvalue weighted by Crippen LogP contribution is -2.22. The third-order valence-corrected chi connectivity index (χ3v) is 3.55. The van der Waals surface area contributed by atoms with E-state index >= 15 is 0 Å². The molecule has 0 atom stereocenters. The topological polar surface area (TPSA) is 66.0 Å². The Kier molecular flexibility index (Phi) is 3.94. The Labute approximate surface area is 111 Å². The highest BCUT2D eigenvalue weighted by atomic mass is 32.1. The molecule has 2 rings (SSSR count). The molecule has 0 aliphatic heterocycles. The number of anilines is 1. The zero-order valence-corrected chi connectivity index (χ0v) is 11.1. The maximum atomic E-state index is 7.34. The molecular weight excluding hydrogens is 244 g/mol. The van der Waals surface area contributed by atoms with Gasteiger partial charge in [-0.15, -0.1) is 11.3 Å². The van der Waals surface area contributed by atoms with Crippen LogP contribution in [0.25, 0.3) is 0 Å². The largest absolute Gasteiger partial charge is 0.384 e. The van der Waals surface area contributed by atoms with Crippen LogP contribution in [-0.2, 0) is 6.54 Å². The minimum absolute atomic E-state index is 0.0513. The molecule has 0 aromatic carbocycles. The lowest BCUT2D eigenvalue weighted by atomic mass is 10.2. The lowest BCUT2D eigenvalue weighted by molar-refractivity contribution is 0.823. The van der Waals surface area contributed by atoms with Crippen LogP contribution in [0.3, 0.4) is 0 Å². The van der Waals surface area contributed by atoms with Gasteiger partial charge in [-0.05, 0) is 30.5 Å². The van der Waals surface area contributed by atoms with Gasteiger partial charge in [-0.1, -0.05) is 6.07 Å². The van der Waals surface area contributed by atoms with Crippen molar-refractivity contribution in [3.8, 4) is 0 Å². The van der Waals surface area contributed by atoms with E-state index in [1.807, 2.05) is 12.1 Å². The van der Waals surface area contributed by atoms with Gasteiger partial charge in [-0.2, -0.15) is 0 Å². The summed E-state index contributed by atoms with van der Waals surface area (Å²) in [5, 5.41) is 9.42. The standard InChI is InChI=1S/C13H16N4S/c1-2-17(9-11-4-3-7-18-11)12-6-5-10(8-16-12)13(14)15/h3-8H,2,9H2,1H3,(H3,14,15). The molecular formula is C13H16N4S. The number of nitrogens with one attached hydrogen (secondary N) is 1. The summed E-state index contributed by atoms with van der Waals surface area (Å²) in [6.45, 7) is 3.86. The van der Waals surface area contributed by atoms with Crippen molar-refractivity contribution in [1.29, 1.82) is 5.41 Å². The highest BCUT2D eigenvalue weighted by Crippen LogP contribution is 2.17. The Morgan fingerprint density at radius 2 is 2.28 bits per heavy atom. The molecule has 2 aromatic rings. The van der Waals surface area contributed by atoms with Crippen LogP contribution in [0.15, 0.2) is 35.8 Å². The van der Waals surface area contributed by atoms with E-state index in [0.717, 1.165) is 18.9 Å². The number of amidine groups is 1. The summed E-state index contributed by atoms with van der Waals surface area (Å²) in [4.78, 5) is 7.87. The van der Waals surface area contributed by atoms with Crippen molar-refractivity contribution < 1.29 is 0 Å². The summed E-state index contributed by atoms with van der Waals surface area (Å²) in [7, 11) is 0. The van der Waals surface area contributed by atoms with E-state index in [0.29, 0.717) is 5.56 Å². The number of hydrogen-bond acceptors (Lipinski definition) is 4. The van der Waals surface area contributed by atoms with E-state index < -0.39 is 0 Å². The van der Waals surface area contributed by atoms with Crippen LogP contribution in [0.2, 0.25) is 0 Å². The summed E-state index contributed by atoms with van der Waals surface area (Å²) in [5.41, 5.74) is 6.07. The molecule has 94 valence electrons. The van der Waals surface area contributed by atoms with Crippen LogP contribution in [0, 0.1) is 5.41 Å². The van der Waals surface area contributed by atoms with Gasteiger partial charge in [0.2, 0.25) is 0 Å². The molecule has 3 N–H and O–H groups in total. The SMILES string of the molecule is CCN(Cc1cccs1)c1ccc(C(=N)N)cn1. The first-order valence-electron chi connectivity index (χ1n) is 5.78. The Morgan fingerprint density at radius 1 is 1.44 bits per heavy atom. The first-order chi connectivity index (χ1) is 8.70. The second kappa shape index (κ2) is 5.64. The molecule has 0 saturated heterocycles. The molecule has 18 heavy (non-hydrogen) atoms. The molecule has 4 nitrogen and oxygen atoms in total. The number of nitrogens with zero attached hydrogens (tertiary/aromatic N) is 2. The number of hydrogen-bond donors (Lipinski definition) is 2. The molecule has 2 heterocycles. The molecule has 0 radical (unpaired) electrons. The third-order valence-electron chi connectivity index (χ3n) is 2.69. The van der Waals surface area contributed by atoms with E-state index in [-0.39, 0.29) is 5.84 Å². The second-order valence-corrected chi connectivity index (χ2v) is 4.94. The number of nitrogen functional groups attached to an aromatic ring is 1. The van der Waals surface area contributed by atoms with Gasteiger partial charge in [-0.3, -0.25) is 5.41 Å². The van der Waals surface area contributed by atoms with Gasteiger partial charge >= 0.3 is 0 Å². The van der Waals surface area contributed by atoms with Gasteiger partial charge in [0.25, 0.3) is 0 Å². The van der Waals surface area contributed by atoms with Crippen molar-refractivity contribution >= 4 is 23.0 Å². The number of rotatable bonds is 5. The van der Waals surface area contributed by atoms with Crippen LogP contribution < -0.4 is 10.6 Å². The van der Waals surface area contributed by atoms with Crippen molar-refractivity contribution in [1.82, 2.24) is 4.98 Å². The highest BCUT2D eigenvalue weighted by molar-refractivity contribution is 7.09. The average Bonchev–Trinajstić information content (AvgIpc) is 2.89. The predicted molar refractivity (Wildman–Crippen MR) is 76.3 cm³/mol. The van der Waals surface area contributed by atoms with Crippen LogP contribution in [0.5, 0.6) is 0 Å². The summed E-state index contributed by atoms with van der Waals surface area (Å²) in [5.74, 6) is 0.964. The third kappa shape index (κ3) is 2.87. The normalized spacial score (nSPS) is 10.3. The first kappa shape index (κ1) is 12.6. The second-order valence-electron chi connectivity index (χ2n) is 3.91. The average molecular weight is 260 g/mol. The summed E-state index contributed by atoms with van der Waals surface area (Å²) >= 11 is 1.75. The van der Waals surface area contributed by atoms with Crippen molar-refractivity contribution in [3.05, 3.63) is 46.3 Å². The van der Waals surface area contributed by atoms with Crippen LogP contribution in [-0.4, -0.2) is 17.4 Å². The quantitative estimate of drug-likeness (QED) is 0.641. The molecule has 0 fully saturated rings. The molecule has 0 spiro atoms. The number of aromatic nitrogens is 1. The van der Waals surface area contributed by atoms with E-state index in [2.05, 4.69) is 34.3 Å². The van der Waals surface area contributed by atoms with Gasteiger partial charge < -0.3 is 10.6 Å². The van der Waals surface area contributed by atoms with Crippen LogP contribution >= 0.6 is 11.3 Å². The molecule has 0 aliphatic carbocycles. The molecule has 2 aromatic heterocycles. The Bertz CT molecular complexity index is 504. The minimum Gasteiger partial charge on any atom is -0.384 e. The fourth-order valence-corrected chi connectivity index (χ4v) is 2.40. The zero-order chi connectivity index (χ0) is 13.0. The maximum Gasteiger partial charge on any atom is 0.128 e. The molecule has 5 heteroatoms. The summed E-state index contributed by atoms with van der Waals surface area (Å²) < 4.78 is 0. The Hall–Kier alpha value is -1.88. The molecule has 0 amide bonds. The molecule has 0 saturated carbocycles. The number of thiophene rings is 1. The van der Waals surface area contributed by atoms with E-state index in [1.54, 1.807) is 17.5 Å². The Balaban J connectivity index is 2.14. The molecule has 0 unspecified atom stereocenters. The van der Waals surface area contributed by atoms with E-state index in [9.17, 15) is 0 Å². The van der Waals surface area contributed by atoms with Crippen molar-refractivity contribution in [2.45, 2.75) is 13.5 Å². The van der Waals surface area contributed by atoms with Crippen molar-refractivity contribution in [2.75, 3.05) is 11.4 Å². The van der Waals surface area contributed by atoms with E-state index in [4.69, 9.17) is 11.1 Å². The maximum absolute atomic E-state index is 7.34. The van der Waals surface area contributed by atoms with E-state index in [1.165, 1.54) is 4.88 Å². The van der Waals surface area contributed by atoms with Gasteiger partial charge in [0.1, 0.15) is 11.7 Å². The fraction of sp³-hybridized carbons (Fsp3) is 0.231. The van der Waals surface area contributed by atoms with Gasteiger partial charge in [-0.25, -0.2) is 4.98 Å². The molecule has 0 aliphatic rings. The zero-order valence-electron chi connectivity index (χ0n) is 10.3. The lowest BCUT2D eigenvalue weighted by Gasteiger charge is -2.21. The minimum atomic E-state index is 0.0513. The number of pyridine rings is 1. The number of nitrogens with two attached hydrogens (primary N) is 1. The molecule has 0 bridgehead atoms. The Morgan fingerprint density at radius 3 is 2.78 bits per heavy atom. The predicted octanol–water partition coefficient (Wildman–Crippen LogP) is 2.45. The monoisotopic (exact) mass is 260 g/mol. The van der Waals surface area contributed by atoms with Gasteiger partial charge in [0, 0.05) is 23.2 Å². The van der Waals surface area contributed by atoms with Gasteiger partial charge in [0.15, 0.2) is 0 Å². The van der Waals surface area contributed by atoms with Gasteiger partial charge in [0.05, 0.1) is 6.54 Å². The first-order valence-corrected chi connectivity index (χ1v) is 6.66. The van der Waals surface area contributed by atoms with Crippen molar-refractivity contribution in [2.24, 2.45) is 5.73 Å².